The van der Waals surface area contributed by atoms with Crippen LogP contribution in [0.5, 0.6) is 0 Å². The molecule has 2 rings (SSSR count). The second-order valence-electron chi connectivity index (χ2n) is 5.29. The number of hydrogen-bond donors (Lipinski definition) is 1. The van der Waals surface area contributed by atoms with Gasteiger partial charge in [0.2, 0.25) is 0 Å². The maximum Gasteiger partial charge on any atom is 0.0175 e. The van der Waals surface area contributed by atoms with E-state index in [-0.39, 0.29) is 0 Å². The van der Waals surface area contributed by atoms with E-state index in [1.54, 1.807) is 0 Å². The molecule has 1 fully saturated rings. The smallest absolute Gasteiger partial charge is 0.0175 e. The van der Waals surface area contributed by atoms with Crippen LogP contribution in [0.1, 0.15) is 38.2 Å². The Labute approximate surface area is 113 Å². The summed E-state index contributed by atoms with van der Waals surface area (Å²) in [4.78, 5) is 0. The van der Waals surface area contributed by atoms with Crippen molar-refractivity contribution in [1.82, 2.24) is 5.32 Å². The van der Waals surface area contributed by atoms with Crippen LogP contribution in [0.15, 0.2) is 28.7 Å². The van der Waals surface area contributed by atoms with Crippen LogP contribution in [0, 0.1) is 5.41 Å². The molecule has 17 heavy (non-hydrogen) atoms. The Bertz CT molecular complexity index is 338. The molecule has 1 N–H and O–H groups in total. The number of nitrogens with one attached hydrogen (secondary N) is 1. The fraction of sp³-hybridized carbons (Fsp3) is 0.600. The molecule has 94 valence electrons. The van der Waals surface area contributed by atoms with Crippen molar-refractivity contribution in [3.05, 3.63) is 34.3 Å². The molecule has 0 saturated heterocycles. The van der Waals surface area contributed by atoms with Crippen LogP contribution in [0.2, 0.25) is 0 Å². The normalized spacial score (nSPS) is 18.5. The molecule has 0 unspecified atom stereocenters. The summed E-state index contributed by atoms with van der Waals surface area (Å²) >= 11 is 3.50. The van der Waals surface area contributed by atoms with Crippen molar-refractivity contribution in [3.63, 3.8) is 0 Å². The first-order valence-electron chi connectivity index (χ1n) is 6.69. The maximum absolute atomic E-state index is 3.55. The first-order valence-corrected chi connectivity index (χ1v) is 7.49. The van der Waals surface area contributed by atoms with E-state index < -0.39 is 0 Å². The predicted molar refractivity (Wildman–Crippen MR) is 77.3 cm³/mol. The summed E-state index contributed by atoms with van der Waals surface area (Å²) in [5.41, 5.74) is 2.00. The Balaban J connectivity index is 2.04. The summed E-state index contributed by atoms with van der Waals surface area (Å²) in [5.74, 6) is 0. The van der Waals surface area contributed by atoms with Gasteiger partial charge in [0.25, 0.3) is 0 Å². The lowest BCUT2D eigenvalue weighted by atomic mass is 9.80. The summed E-state index contributed by atoms with van der Waals surface area (Å²) in [6.07, 6.45) is 6.81. The van der Waals surface area contributed by atoms with Crippen molar-refractivity contribution < 1.29 is 0 Å². The van der Waals surface area contributed by atoms with Gasteiger partial charge in [-0.3, -0.25) is 0 Å². The molecule has 0 amide bonds. The lowest BCUT2D eigenvalue weighted by molar-refractivity contribution is 0.280. The minimum atomic E-state index is 0.518. The number of benzene rings is 1. The number of hydrogen-bond acceptors (Lipinski definition) is 1. The fourth-order valence-electron chi connectivity index (χ4n) is 2.97. The molecule has 1 aromatic rings. The third kappa shape index (κ3) is 3.56. The zero-order valence-electron chi connectivity index (χ0n) is 10.6. The monoisotopic (exact) mass is 295 g/mol. The second-order valence-corrected chi connectivity index (χ2v) is 6.21. The molecule has 0 heterocycles. The Morgan fingerprint density at radius 2 is 1.82 bits per heavy atom. The first-order chi connectivity index (χ1) is 8.24. The zero-order valence-corrected chi connectivity index (χ0v) is 12.2. The highest BCUT2D eigenvalue weighted by Gasteiger charge is 2.33. The molecule has 0 atom stereocenters. The lowest BCUT2D eigenvalue weighted by Gasteiger charge is -2.29. The van der Waals surface area contributed by atoms with Crippen LogP contribution >= 0.6 is 15.9 Å². The Kier molecular flexibility index (Phi) is 4.63. The van der Waals surface area contributed by atoms with E-state index in [9.17, 15) is 0 Å². The molecule has 1 aliphatic carbocycles. The standard InChI is InChI=1S/C15H22BrN/c1-2-17-12-15(9-3-4-10-15)11-13-5-7-14(16)8-6-13/h5-8,17H,2-4,9-12H2,1H3. The third-order valence-corrected chi connectivity index (χ3v) is 4.44. The highest BCUT2D eigenvalue weighted by molar-refractivity contribution is 9.10. The van der Waals surface area contributed by atoms with Crippen molar-refractivity contribution in [1.29, 1.82) is 0 Å². The minimum absolute atomic E-state index is 0.518. The Morgan fingerprint density at radius 1 is 1.18 bits per heavy atom. The molecule has 0 bridgehead atoms. The average molecular weight is 296 g/mol. The quantitative estimate of drug-likeness (QED) is 0.860. The van der Waals surface area contributed by atoms with Gasteiger partial charge in [-0.25, -0.2) is 0 Å². The molecule has 0 aromatic heterocycles. The van der Waals surface area contributed by atoms with Crippen LogP contribution in [-0.4, -0.2) is 13.1 Å². The van der Waals surface area contributed by atoms with Crippen molar-refractivity contribution in [3.8, 4) is 0 Å². The minimum Gasteiger partial charge on any atom is -0.316 e. The van der Waals surface area contributed by atoms with E-state index in [4.69, 9.17) is 0 Å². The molecular formula is C15H22BrN. The van der Waals surface area contributed by atoms with Crippen molar-refractivity contribution in [2.75, 3.05) is 13.1 Å². The Hall–Kier alpha value is -0.340. The van der Waals surface area contributed by atoms with Crippen LogP contribution in [-0.2, 0) is 6.42 Å². The van der Waals surface area contributed by atoms with Gasteiger partial charge in [0.05, 0.1) is 0 Å². The van der Waals surface area contributed by atoms with E-state index in [1.807, 2.05) is 0 Å². The molecule has 1 saturated carbocycles. The largest absolute Gasteiger partial charge is 0.316 e. The summed E-state index contributed by atoms with van der Waals surface area (Å²) in [6, 6.07) is 8.84. The lowest BCUT2D eigenvalue weighted by Crippen LogP contribution is -2.33. The summed E-state index contributed by atoms with van der Waals surface area (Å²) in [6.45, 7) is 4.46. The summed E-state index contributed by atoms with van der Waals surface area (Å²) < 4.78 is 1.17. The molecule has 0 spiro atoms. The topological polar surface area (TPSA) is 12.0 Å². The van der Waals surface area contributed by atoms with E-state index in [0.29, 0.717) is 5.41 Å². The molecular weight excluding hydrogens is 274 g/mol. The second kappa shape index (κ2) is 6.01. The van der Waals surface area contributed by atoms with Gasteiger partial charge < -0.3 is 5.32 Å². The van der Waals surface area contributed by atoms with Crippen molar-refractivity contribution in [2.24, 2.45) is 5.41 Å². The van der Waals surface area contributed by atoms with E-state index in [0.717, 1.165) is 6.54 Å². The summed E-state index contributed by atoms with van der Waals surface area (Å²) in [5, 5.41) is 3.55. The van der Waals surface area contributed by atoms with Gasteiger partial charge in [0.1, 0.15) is 0 Å². The van der Waals surface area contributed by atoms with Crippen molar-refractivity contribution >= 4 is 15.9 Å². The van der Waals surface area contributed by atoms with E-state index >= 15 is 0 Å². The van der Waals surface area contributed by atoms with Crippen molar-refractivity contribution in [2.45, 2.75) is 39.0 Å². The van der Waals surface area contributed by atoms with E-state index in [1.165, 1.54) is 48.7 Å². The average Bonchev–Trinajstić information content (AvgIpc) is 2.79. The van der Waals surface area contributed by atoms with Gasteiger partial charge in [0.15, 0.2) is 0 Å². The van der Waals surface area contributed by atoms with Gasteiger partial charge >= 0.3 is 0 Å². The van der Waals surface area contributed by atoms with Crippen LogP contribution < -0.4 is 5.32 Å². The molecule has 2 heteroatoms. The highest BCUT2D eigenvalue weighted by Crippen LogP contribution is 2.40. The zero-order chi connectivity index (χ0) is 12.1. The highest BCUT2D eigenvalue weighted by atomic mass is 79.9. The SMILES string of the molecule is CCNCC1(Cc2ccc(Br)cc2)CCCC1. The van der Waals surface area contributed by atoms with Crippen LogP contribution in [0.3, 0.4) is 0 Å². The molecule has 0 aliphatic heterocycles. The predicted octanol–water partition coefficient (Wildman–Crippen LogP) is 4.16. The Morgan fingerprint density at radius 3 is 2.41 bits per heavy atom. The number of halogens is 1. The maximum atomic E-state index is 3.55. The molecule has 1 nitrogen and oxygen atoms in total. The van der Waals surface area contributed by atoms with Gasteiger partial charge in [0, 0.05) is 11.0 Å². The van der Waals surface area contributed by atoms with E-state index in [2.05, 4.69) is 52.4 Å². The van der Waals surface area contributed by atoms with Gasteiger partial charge in [-0.1, -0.05) is 47.8 Å². The van der Waals surface area contributed by atoms with Crippen LogP contribution in [0.25, 0.3) is 0 Å². The van der Waals surface area contributed by atoms with Crippen LogP contribution in [0.4, 0.5) is 0 Å². The fourth-order valence-corrected chi connectivity index (χ4v) is 3.23. The molecule has 1 aliphatic rings. The molecule has 0 radical (unpaired) electrons. The number of rotatable bonds is 5. The van der Waals surface area contributed by atoms with Gasteiger partial charge in [-0.05, 0) is 48.9 Å². The van der Waals surface area contributed by atoms with Gasteiger partial charge in [-0.15, -0.1) is 0 Å². The molecule has 1 aromatic carbocycles. The summed E-state index contributed by atoms with van der Waals surface area (Å²) in [7, 11) is 0. The first kappa shape index (κ1) is 13.1. The van der Waals surface area contributed by atoms with Gasteiger partial charge in [-0.2, -0.15) is 0 Å². The third-order valence-electron chi connectivity index (χ3n) is 3.91.